The molecule has 1 aliphatic heterocycles. The summed E-state index contributed by atoms with van der Waals surface area (Å²) < 4.78 is 6.95. The van der Waals surface area contributed by atoms with Crippen molar-refractivity contribution in [3.05, 3.63) is 36.2 Å². The van der Waals surface area contributed by atoms with E-state index in [2.05, 4.69) is 10.4 Å². The van der Waals surface area contributed by atoms with Gasteiger partial charge in [-0.3, -0.25) is 4.79 Å². The zero-order chi connectivity index (χ0) is 14.0. The first-order chi connectivity index (χ1) is 9.74. The van der Waals surface area contributed by atoms with Gasteiger partial charge in [-0.15, -0.1) is 0 Å². The Balaban J connectivity index is 1.85. The molecule has 0 unspecified atom stereocenters. The van der Waals surface area contributed by atoms with Gasteiger partial charge in [-0.05, 0) is 25.0 Å². The van der Waals surface area contributed by atoms with Crippen molar-refractivity contribution in [1.29, 1.82) is 0 Å². The zero-order valence-electron chi connectivity index (χ0n) is 11.1. The summed E-state index contributed by atoms with van der Waals surface area (Å²) in [5, 5.41) is 16.7. The molecule has 0 atom stereocenters. The molecule has 0 saturated carbocycles. The maximum absolute atomic E-state index is 12.4. The summed E-state index contributed by atoms with van der Waals surface area (Å²) in [6.45, 7) is 1.02. The van der Waals surface area contributed by atoms with Crippen molar-refractivity contribution in [3.63, 3.8) is 0 Å². The van der Waals surface area contributed by atoms with Gasteiger partial charge in [0.15, 0.2) is 0 Å². The Kier molecular flexibility index (Phi) is 3.42. The van der Waals surface area contributed by atoms with Crippen molar-refractivity contribution < 1.29 is 14.6 Å². The molecule has 0 spiro atoms. The Labute approximate surface area is 116 Å². The molecule has 1 amide bonds. The van der Waals surface area contributed by atoms with Gasteiger partial charge in [0, 0.05) is 19.4 Å². The van der Waals surface area contributed by atoms with Crippen molar-refractivity contribution in [1.82, 2.24) is 14.9 Å². The van der Waals surface area contributed by atoms with Crippen molar-refractivity contribution >= 4 is 11.4 Å². The number of aromatic nitrogens is 2. The quantitative estimate of drug-likeness (QED) is 0.860. The van der Waals surface area contributed by atoms with Crippen LogP contribution in [0, 0.1) is 0 Å². The van der Waals surface area contributed by atoms with E-state index in [1.165, 1.54) is 0 Å². The van der Waals surface area contributed by atoms with Crippen molar-refractivity contribution in [2.75, 3.05) is 19.8 Å². The third-order valence-corrected chi connectivity index (χ3v) is 3.80. The SMILES string of the molecule is O=C(NC1(CO)CCOCC1)c1cnn2ccccc12. The number of carbonyl (C=O) groups excluding carboxylic acids is 1. The fourth-order valence-electron chi connectivity index (χ4n) is 2.50. The second-order valence-electron chi connectivity index (χ2n) is 5.09. The number of hydrogen-bond donors (Lipinski definition) is 2. The predicted octanol–water partition coefficient (Wildman–Crippen LogP) is 0.606. The van der Waals surface area contributed by atoms with Gasteiger partial charge in [0.1, 0.15) is 0 Å². The van der Waals surface area contributed by atoms with Crippen LogP contribution in [0.15, 0.2) is 30.6 Å². The summed E-state index contributed by atoms with van der Waals surface area (Å²) in [7, 11) is 0. The van der Waals surface area contributed by atoms with Crippen LogP contribution in [0.1, 0.15) is 23.2 Å². The van der Waals surface area contributed by atoms with E-state index in [1.54, 1.807) is 16.9 Å². The molecular weight excluding hydrogens is 258 g/mol. The Hall–Kier alpha value is -1.92. The second kappa shape index (κ2) is 5.22. The van der Waals surface area contributed by atoms with Gasteiger partial charge in [0.05, 0.1) is 29.4 Å². The average molecular weight is 275 g/mol. The molecule has 2 N–H and O–H groups in total. The molecule has 1 fully saturated rings. The first-order valence-electron chi connectivity index (χ1n) is 6.68. The van der Waals surface area contributed by atoms with Crippen LogP contribution >= 0.6 is 0 Å². The fraction of sp³-hybridized carbons (Fsp3) is 0.429. The monoisotopic (exact) mass is 275 g/mol. The highest BCUT2D eigenvalue weighted by molar-refractivity contribution is 6.01. The predicted molar refractivity (Wildman–Crippen MR) is 72.5 cm³/mol. The van der Waals surface area contributed by atoms with E-state index in [9.17, 15) is 9.90 Å². The van der Waals surface area contributed by atoms with Crippen molar-refractivity contribution in [2.45, 2.75) is 18.4 Å². The van der Waals surface area contributed by atoms with Crippen LogP contribution in [0.2, 0.25) is 0 Å². The van der Waals surface area contributed by atoms with E-state index in [0.29, 0.717) is 31.6 Å². The Morgan fingerprint density at radius 3 is 3.00 bits per heavy atom. The number of pyridine rings is 1. The number of fused-ring (bicyclic) bond motifs is 1. The molecule has 1 aliphatic rings. The number of amides is 1. The van der Waals surface area contributed by atoms with Crippen LogP contribution in [0.5, 0.6) is 0 Å². The maximum Gasteiger partial charge on any atom is 0.255 e. The Morgan fingerprint density at radius 1 is 1.45 bits per heavy atom. The molecule has 2 aromatic rings. The van der Waals surface area contributed by atoms with E-state index in [4.69, 9.17) is 4.74 Å². The molecule has 0 aliphatic carbocycles. The number of nitrogens with zero attached hydrogens (tertiary/aromatic N) is 2. The number of carbonyl (C=O) groups is 1. The van der Waals surface area contributed by atoms with Crippen LogP contribution in [0.3, 0.4) is 0 Å². The summed E-state index contributed by atoms with van der Waals surface area (Å²) >= 11 is 0. The fourth-order valence-corrected chi connectivity index (χ4v) is 2.50. The summed E-state index contributed by atoms with van der Waals surface area (Å²) in [4.78, 5) is 12.4. The molecule has 0 aromatic carbocycles. The molecule has 106 valence electrons. The first kappa shape index (κ1) is 13.1. The Bertz CT molecular complexity index is 617. The maximum atomic E-state index is 12.4. The van der Waals surface area contributed by atoms with E-state index in [1.807, 2.05) is 18.2 Å². The normalized spacial score (nSPS) is 18.1. The van der Waals surface area contributed by atoms with Crippen LogP contribution in [-0.4, -0.2) is 46.0 Å². The lowest BCUT2D eigenvalue weighted by atomic mass is 9.90. The highest BCUT2D eigenvalue weighted by Gasteiger charge is 2.34. The van der Waals surface area contributed by atoms with Gasteiger partial charge in [-0.2, -0.15) is 5.10 Å². The second-order valence-corrected chi connectivity index (χ2v) is 5.09. The van der Waals surface area contributed by atoms with Gasteiger partial charge in [0.2, 0.25) is 0 Å². The molecule has 1 saturated heterocycles. The molecule has 2 aromatic heterocycles. The minimum atomic E-state index is -0.585. The number of nitrogens with one attached hydrogen (secondary N) is 1. The number of rotatable bonds is 3. The largest absolute Gasteiger partial charge is 0.394 e. The van der Waals surface area contributed by atoms with Crippen LogP contribution in [0.4, 0.5) is 0 Å². The number of aliphatic hydroxyl groups excluding tert-OH is 1. The summed E-state index contributed by atoms with van der Waals surface area (Å²) in [5.74, 6) is -0.206. The molecule has 3 heterocycles. The standard InChI is InChI=1S/C14H17N3O3/c18-10-14(4-7-20-8-5-14)16-13(19)11-9-15-17-6-2-1-3-12(11)17/h1-3,6,9,18H,4-5,7-8,10H2,(H,16,19). The molecule has 6 heteroatoms. The smallest absolute Gasteiger partial charge is 0.255 e. The highest BCUT2D eigenvalue weighted by Crippen LogP contribution is 2.21. The van der Waals surface area contributed by atoms with Crippen LogP contribution < -0.4 is 5.32 Å². The minimum absolute atomic E-state index is 0.0820. The molecule has 6 nitrogen and oxygen atoms in total. The van der Waals surface area contributed by atoms with Gasteiger partial charge in [-0.25, -0.2) is 4.52 Å². The van der Waals surface area contributed by atoms with Crippen molar-refractivity contribution in [3.8, 4) is 0 Å². The third-order valence-electron chi connectivity index (χ3n) is 3.80. The Morgan fingerprint density at radius 2 is 2.25 bits per heavy atom. The lowest BCUT2D eigenvalue weighted by molar-refractivity contribution is 0.0126. The highest BCUT2D eigenvalue weighted by atomic mass is 16.5. The summed E-state index contributed by atoms with van der Waals surface area (Å²) in [5.41, 5.74) is 0.688. The summed E-state index contributed by atoms with van der Waals surface area (Å²) in [6, 6.07) is 5.57. The van der Waals surface area contributed by atoms with Gasteiger partial charge >= 0.3 is 0 Å². The minimum Gasteiger partial charge on any atom is -0.394 e. The molecule has 20 heavy (non-hydrogen) atoms. The zero-order valence-corrected chi connectivity index (χ0v) is 11.1. The topological polar surface area (TPSA) is 75.9 Å². The van der Waals surface area contributed by atoms with E-state index >= 15 is 0 Å². The van der Waals surface area contributed by atoms with Crippen molar-refractivity contribution in [2.24, 2.45) is 0 Å². The first-order valence-corrected chi connectivity index (χ1v) is 6.68. The number of aliphatic hydroxyl groups is 1. The van der Waals surface area contributed by atoms with Crippen LogP contribution in [0.25, 0.3) is 5.52 Å². The van der Waals surface area contributed by atoms with Crippen LogP contribution in [-0.2, 0) is 4.74 Å². The lowest BCUT2D eigenvalue weighted by Crippen LogP contribution is -2.54. The molecular formula is C14H17N3O3. The lowest BCUT2D eigenvalue weighted by Gasteiger charge is -2.36. The molecule has 0 bridgehead atoms. The van der Waals surface area contributed by atoms with Gasteiger partial charge in [-0.1, -0.05) is 6.07 Å². The average Bonchev–Trinajstić information content (AvgIpc) is 2.92. The van der Waals surface area contributed by atoms with Gasteiger partial charge < -0.3 is 15.2 Å². The number of ether oxygens (including phenoxy) is 1. The van der Waals surface area contributed by atoms with E-state index < -0.39 is 5.54 Å². The van der Waals surface area contributed by atoms with Gasteiger partial charge in [0.25, 0.3) is 5.91 Å². The summed E-state index contributed by atoms with van der Waals surface area (Å²) in [6.07, 6.45) is 4.58. The van der Waals surface area contributed by atoms with E-state index in [-0.39, 0.29) is 12.5 Å². The third kappa shape index (κ3) is 2.28. The molecule has 0 radical (unpaired) electrons. The number of hydrogen-bond acceptors (Lipinski definition) is 4. The molecule has 3 rings (SSSR count). The van der Waals surface area contributed by atoms with E-state index in [0.717, 1.165) is 5.52 Å².